The van der Waals surface area contributed by atoms with Crippen molar-refractivity contribution in [1.29, 1.82) is 0 Å². The molecule has 1 heterocycles. The van der Waals surface area contributed by atoms with Crippen molar-refractivity contribution in [3.05, 3.63) is 70.0 Å². The highest BCUT2D eigenvalue weighted by molar-refractivity contribution is 5.76. The van der Waals surface area contributed by atoms with Crippen molar-refractivity contribution in [3.63, 3.8) is 0 Å². The van der Waals surface area contributed by atoms with E-state index in [2.05, 4.69) is 10.4 Å². The molecule has 1 aliphatic rings. The van der Waals surface area contributed by atoms with Crippen molar-refractivity contribution in [2.45, 2.75) is 25.4 Å². The van der Waals surface area contributed by atoms with Crippen LogP contribution in [-0.2, 0) is 17.8 Å². The van der Waals surface area contributed by atoms with Gasteiger partial charge in [0.1, 0.15) is 12.3 Å². The Labute approximate surface area is 185 Å². The molecule has 0 bridgehead atoms. The molecule has 0 fully saturated rings. The summed E-state index contributed by atoms with van der Waals surface area (Å²) in [4.78, 5) is 25.1. The number of carbonyl (C=O) groups excluding carboxylic acids is 1. The van der Waals surface area contributed by atoms with Crippen LogP contribution in [0, 0.1) is 0 Å². The fourth-order valence-corrected chi connectivity index (χ4v) is 3.94. The molecule has 1 N–H and O–H groups in total. The van der Waals surface area contributed by atoms with Crippen LogP contribution in [0.25, 0.3) is 11.3 Å². The molecule has 0 radical (unpaired) electrons. The lowest BCUT2D eigenvalue weighted by atomic mass is 10.1. The number of ether oxygens (including phenoxy) is 3. The van der Waals surface area contributed by atoms with E-state index < -0.39 is 0 Å². The van der Waals surface area contributed by atoms with E-state index in [1.807, 2.05) is 36.4 Å². The van der Waals surface area contributed by atoms with E-state index in [0.717, 1.165) is 35.3 Å². The van der Waals surface area contributed by atoms with Crippen LogP contribution >= 0.6 is 0 Å². The number of aryl methyl sites for hydroxylation is 1. The molecule has 32 heavy (non-hydrogen) atoms. The normalized spacial score (nSPS) is 14.5. The Kier molecular flexibility index (Phi) is 6.11. The van der Waals surface area contributed by atoms with Crippen LogP contribution in [0.4, 0.5) is 0 Å². The summed E-state index contributed by atoms with van der Waals surface area (Å²) in [6, 6.07) is 14.1. The molecule has 0 spiro atoms. The van der Waals surface area contributed by atoms with Gasteiger partial charge in [0.25, 0.3) is 5.56 Å². The molecule has 0 saturated carbocycles. The Morgan fingerprint density at radius 3 is 2.44 bits per heavy atom. The number of fused-ring (bicyclic) bond motifs is 1. The van der Waals surface area contributed by atoms with Crippen LogP contribution in [0.5, 0.6) is 17.2 Å². The summed E-state index contributed by atoms with van der Waals surface area (Å²) in [5, 5.41) is 7.40. The van der Waals surface area contributed by atoms with E-state index in [0.29, 0.717) is 17.2 Å². The maximum Gasteiger partial charge on any atom is 0.267 e. The summed E-state index contributed by atoms with van der Waals surface area (Å²) in [6.07, 6.45) is 1.59. The predicted octanol–water partition coefficient (Wildman–Crippen LogP) is 2.74. The number of methoxy groups -OCH3 is 3. The van der Waals surface area contributed by atoms with Gasteiger partial charge in [0, 0.05) is 11.6 Å². The first-order valence-corrected chi connectivity index (χ1v) is 10.3. The largest absolute Gasteiger partial charge is 0.497 e. The summed E-state index contributed by atoms with van der Waals surface area (Å²) < 4.78 is 17.1. The fourth-order valence-electron chi connectivity index (χ4n) is 3.94. The highest BCUT2D eigenvalue weighted by atomic mass is 16.5. The van der Waals surface area contributed by atoms with E-state index in [1.54, 1.807) is 27.4 Å². The molecule has 8 nitrogen and oxygen atoms in total. The van der Waals surface area contributed by atoms with E-state index in [4.69, 9.17) is 14.2 Å². The Bertz CT molecular complexity index is 1190. The minimum atomic E-state index is -0.337. The molecule has 1 atom stereocenters. The van der Waals surface area contributed by atoms with Gasteiger partial charge in [-0.3, -0.25) is 9.59 Å². The Morgan fingerprint density at radius 1 is 1.03 bits per heavy atom. The van der Waals surface area contributed by atoms with Crippen molar-refractivity contribution in [1.82, 2.24) is 15.1 Å². The highest BCUT2D eigenvalue weighted by Crippen LogP contribution is 2.39. The van der Waals surface area contributed by atoms with E-state index in [-0.39, 0.29) is 24.1 Å². The summed E-state index contributed by atoms with van der Waals surface area (Å²) in [5.74, 6) is 1.74. The molecule has 1 aliphatic carbocycles. The number of nitrogens with one attached hydrogen (secondary N) is 1. The van der Waals surface area contributed by atoms with Gasteiger partial charge in [-0.05, 0) is 66.4 Å². The lowest BCUT2D eigenvalue weighted by Gasteiger charge is -2.16. The first-order valence-electron chi connectivity index (χ1n) is 10.3. The zero-order valence-corrected chi connectivity index (χ0v) is 18.3. The van der Waals surface area contributed by atoms with Gasteiger partial charge in [-0.15, -0.1) is 0 Å². The summed E-state index contributed by atoms with van der Waals surface area (Å²) >= 11 is 0. The van der Waals surface area contributed by atoms with E-state index in [1.165, 1.54) is 10.7 Å². The molecule has 0 saturated heterocycles. The van der Waals surface area contributed by atoms with Gasteiger partial charge < -0.3 is 19.5 Å². The molecule has 166 valence electrons. The van der Waals surface area contributed by atoms with Crippen LogP contribution in [-0.4, -0.2) is 37.0 Å². The predicted molar refractivity (Wildman–Crippen MR) is 119 cm³/mol. The SMILES string of the molecule is COc1ccc(-c2ccc(=O)n(CC(=O)N[C@@H]3CCc4cc(OC)c(OC)cc43)n2)cc1. The van der Waals surface area contributed by atoms with Crippen molar-refractivity contribution in [2.75, 3.05) is 21.3 Å². The highest BCUT2D eigenvalue weighted by Gasteiger charge is 2.26. The number of rotatable bonds is 7. The molecule has 4 rings (SSSR count). The number of benzene rings is 2. The standard InChI is InChI=1S/C24H25N3O5/c1-30-17-7-4-15(5-8-17)19-10-11-24(29)27(26-19)14-23(28)25-20-9-6-16-12-21(31-2)22(32-3)13-18(16)20/h4-5,7-8,10-13,20H,6,9,14H2,1-3H3,(H,25,28)/t20-/m1/s1. The molecule has 3 aromatic rings. The average Bonchev–Trinajstić information content (AvgIpc) is 3.20. The third-order valence-corrected chi connectivity index (χ3v) is 5.60. The topological polar surface area (TPSA) is 91.7 Å². The maximum absolute atomic E-state index is 12.8. The van der Waals surface area contributed by atoms with Crippen LogP contribution in [0.3, 0.4) is 0 Å². The van der Waals surface area contributed by atoms with Gasteiger partial charge in [0.2, 0.25) is 5.91 Å². The van der Waals surface area contributed by atoms with E-state index >= 15 is 0 Å². The summed E-state index contributed by atoms with van der Waals surface area (Å²) in [5.41, 5.74) is 3.21. The zero-order chi connectivity index (χ0) is 22.7. The van der Waals surface area contributed by atoms with Gasteiger partial charge >= 0.3 is 0 Å². The first kappa shape index (κ1) is 21.4. The monoisotopic (exact) mass is 435 g/mol. The van der Waals surface area contributed by atoms with Crippen molar-refractivity contribution in [3.8, 4) is 28.5 Å². The maximum atomic E-state index is 12.8. The summed E-state index contributed by atoms with van der Waals surface area (Å²) in [7, 11) is 4.78. The molecule has 2 aromatic carbocycles. The lowest BCUT2D eigenvalue weighted by Crippen LogP contribution is -2.35. The molecular weight excluding hydrogens is 410 g/mol. The molecular formula is C24H25N3O5. The first-order chi connectivity index (χ1) is 15.5. The lowest BCUT2D eigenvalue weighted by molar-refractivity contribution is -0.122. The molecule has 1 amide bonds. The summed E-state index contributed by atoms with van der Waals surface area (Å²) in [6.45, 7) is -0.165. The fraction of sp³-hybridized carbons (Fsp3) is 0.292. The van der Waals surface area contributed by atoms with Crippen LogP contribution in [0.1, 0.15) is 23.6 Å². The molecule has 0 unspecified atom stereocenters. The number of hydrogen-bond acceptors (Lipinski definition) is 6. The third-order valence-electron chi connectivity index (χ3n) is 5.60. The van der Waals surface area contributed by atoms with Crippen molar-refractivity contribution >= 4 is 5.91 Å². The van der Waals surface area contributed by atoms with Gasteiger partial charge in [-0.1, -0.05) is 0 Å². The number of hydrogen-bond donors (Lipinski definition) is 1. The number of aromatic nitrogens is 2. The molecule has 0 aliphatic heterocycles. The smallest absolute Gasteiger partial charge is 0.267 e. The van der Waals surface area contributed by atoms with Crippen LogP contribution in [0.15, 0.2) is 53.3 Å². The third kappa shape index (κ3) is 4.30. The van der Waals surface area contributed by atoms with E-state index in [9.17, 15) is 9.59 Å². The zero-order valence-electron chi connectivity index (χ0n) is 18.3. The Morgan fingerprint density at radius 2 is 1.75 bits per heavy atom. The number of nitrogens with zero attached hydrogens (tertiary/aromatic N) is 2. The van der Waals surface area contributed by atoms with Crippen molar-refractivity contribution in [2.24, 2.45) is 0 Å². The molecule has 1 aromatic heterocycles. The van der Waals surface area contributed by atoms with Crippen LogP contribution < -0.4 is 25.1 Å². The van der Waals surface area contributed by atoms with Gasteiger partial charge in [-0.2, -0.15) is 5.10 Å². The average molecular weight is 435 g/mol. The minimum Gasteiger partial charge on any atom is -0.497 e. The second-order valence-electron chi connectivity index (χ2n) is 7.51. The second-order valence-corrected chi connectivity index (χ2v) is 7.51. The van der Waals surface area contributed by atoms with Crippen LogP contribution in [0.2, 0.25) is 0 Å². The number of amides is 1. The minimum absolute atomic E-state index is 0.155. The number of carbonyl (C=O) groups is 1. The van der Waals surface area contributed by atoms with Gasteiger partial charge in [0.05, 0.1) is 33.1 Å². The van der Waals surface area contributed by atoms with Gasteiger partial charge in [-0.25, -0.2) is 4.68 Å². The van der Waals surface area contributed by atoms with Gasteiger partial charge in [0.15, 0.2) is 11.5 Å². The quantitative estimate of drug-likeness (QED) is 0.614. The second kappa shape index (κ2) is 9.13. The Hall–Kier alpha value is -3.81. The molecule has 8 heteroatoms. The van der Waals surface area contributed by atoms with Crippen molar-refractivity contribution < 1.29 is 19.0 Å². The Balaban J connectivity index is 1.50.